The van der Waals surface area contributed by atoms with E-state index in [2.05, 4.69) is 10.3 Å². The smallest absolute Gasteiger partial charge is 0.172 e. The Bertz CT molecular complexity index is 787. The summed E-state index contributed by atoms with van der Waals surface area (Å²) in [6, 6.07) is 15.1. The number of rotatable bonds is 5. The Hall–Kier alpha value is -3.02. The van der Waals surface area contributed by atoms with E-state index in [0.29, 0.717) is 23.4 Å². The lowest BCUT2D eigenvalue weighted by Gasteiger charge is -2.09. The molecule has 0 amide bonds. The van der Waals surface area contributed by atoms with E-state index in [4.69, 9.17) is 4.74 Å². The van der Waals surface area contributed by atoms with Crippen LogP contribution in [0.1, 0.15) is 16.2 Å². The molecule has 3 rings (SSSR count). The normalized spacial score (nSPS) is 10.4. The number of aldehydes is 1. The van der Waals surface area contributed by atoms with Gasteiger partial charge in [-0.25, -0.2) is 9.07 Å². The molecule has 0 radical (unpaired) electrons. The first kappa shape index (κ1) is 13.9. The Kier molecular flexibility index (Phi) is 3.91. The number of benzene rings is 2. The standard InChI is InChI=1S/C16H12FN3O2/c17-12-5-4-6-13(9-12)20-16(15(10-21)18-19-20)11-22-14-7-2-1-3-8-14/h1-10H,11H2. The maximum atomic E-state index is 13.4. The van der Waals surface area contributed by atoms with E-state index in [1.54, 1.807) is 24.3 Å². The van der Waals surface area contributed by atoms with Crippen LogP contribution < -0.4 is 4.74 Å². The fourth-order valence-electron chi connectivity index (χ4n) is 2.02. The average Bonchev–Trinajstić information content (AvgIpc) is 2.97. The van der Waals surface area contributed by atoms with Crippen LogP contribution in [0, 0.1) is 5.82 Å². The van der Waals surface area contributed by atoms with Gasteiger partial charge in [-0.2, -0.15) is 0 Å². The van der Waals surface area contributed by atoms with Crippen LogP contribution in [-0.2, 0) is 6.61 Å². The summed E-state index contributed by atoms with van der Waals surface area (Å²) in [5.41, 5.74) is 1.11. The Labute approximate surface area is 126 Å². The molecule has 0 atom stereocenters. The van der Waals surface area contributed by atoms with Gasteiger partial charge >= 0.3 is 0 Å². The van der Waals surface area contributed by atoms with E-state index in [0.717, 1.165) is 0 Å². The summed E-state index contributed by atoms with van der Waals surface area (Å²) in [7, 11) is 0. The quantitative estimate of drug-likeness (QED) is 0.679. The topological polar surface area (TPSA) is 57.0 Å². The Morgan fingerprint density at radius 1 is 1.14 bits per heavy atom. The lowest BCUT2D eigenvalue weighted by molar-refractivity contribution is 0.111. The third-order valence-corrected chi connectivity index (χ3v) is 3.08. The zero-order valence-electron chi connectivity index (χ0n) is 11.5. The van der Waals surface area contributed by atoms with Crippen molar-refractivity contribution in [1.29, 1.82) is 0 Å². The number of hydrogen-bond donors (Lipinski definition) is 0. The van der Waals surface area contributed by atoms with Crippen molar-refractivity contribution in [1.82, 2.24) is 15.0 Å². The molecule has 110 valence electrons. The summed E-state index contributed by atoms with van der Waals surface area (Å²) in [4.78, 5) is 11.1. The first-order valence-corrected chi connectivity index (χ1v) is 6.61. The van der Waals surface area contributed by atoms with Crippen molar-refractivity contribution >= 4 is 6.29 Å². The van der Waals surface area contributed by atoms with Gasteiger partial charge in [-0.3, -0.25) is 4.79 Å². The molecule has 0 bridgehead atoms. The molecule has 1 aromatic heterocycles. The van der Waals surface area contributed by atoms with Gasteiger partial charge in [-0.05, 0) is 30.3 Å². The fourth-order valence-corrected chi connectivity index (χ4v) is 2.02. The third kappa shape index (κ3) is 2.85. The molecular weight excluding hydrogens is 285 g/mol. The summed E-state index contributed by atoms with van der Waals surface area (Å²) in [6.07, 6.45) is 0.604. The molecule has 2 aromatic carbocycles. The number of aromatic nitrogens is 3. The van der Waals surface area contributed by atoms with Gasteiger partial charge in [0.15, 0.2) is 12.0 Å². The molecule has 22 heavy (non-hydrogen) atoms. The lowest BCUT2D eigenvalue weighted by atomic mass is 10.3. The van der Waals surface area contributed by atoms with Gasteiger partial charge in [0.1, 0.15) is 23.9 Å². The Morgan fingerprint density at radius 3 is 2.68 bits per heavy atom. The van der Waals surface area contributed by atoms with Crippen molar-refractivity contribution in [3.8, 4) is 11.4 Å². The van der Waals surface area contributed by atoms with Crippen molar-refractivity contribution in [3.63, 3.8) is 0 Å². The highest BCUT2D eigenvalue weighted by molar-refractivity contribution is 5.73. The molecule has 0 aliphatic carbocycles. The van der Waals surface area contributed by atoms with Crippen LogP contribution in [0.25, 0.3) is 5.69 Å². The lowest BCUT2D eigenvalue weighted by Crippen LogP contribution is -2.07. The summed E-state index contributed by atoms with van der Waals surface area (Å²) in [5.74, 6) is 0.266. The highest BCUT2D eigenvalue weighted by Gasteiger charge is 2.15. The second-order valence-corrected chi connectivity index (χ2v) is 4.53. The second kappa shape index (κ2) is 6.17. The Balaban J connectivity index is 1.92. The van der Waals surface area contributed by atoms with Crippen molar-refractivity contribution in [3.05, 3.63) is 71.8 Å². The van der Waals surface area contributed by atoms with E-state index in [1.165, 1.54) is 16.8 Å². The number of para-hydroxylation sites is 1. The van der Waals surface area contributed by atoms with Gasteiger partial charge in [0.2, 0.25) is 0 Å². The molecular formula is C16H12FN3O2. The van der Waals surface area contributed by atoms with Crippen LogP contribution >= 0.6 is 0 Å². The minimum absolute atomic E-state index is 0.0988. The van der Waals surface area contributed by atoms with Crippen LogP contribution in [0.15, 0.2) is 54.6 Å². The van der Waals surface area contributed by atoms with Crippen LogP contribution in [0.3, 0.4) is 0 Å². The average molecular weight is 297 g/mol. The van der Waals surface area contributed by atoms with Gasteiger partial charge in [0.25, 0.3) is 0 Å². The first-order valence-electron chi connectivity index (χ1n) is 6.61. The van der Waals surface area contributed by atoms with Gasteiger partial charge < -0.3 is 4.74 Å². The molecule has 0 N–H and O–H groups in total. The molecule has 0 spiro atoms. The second-order valence-electron chi connectivity index (χ2n) is 4.53. The number of halogens is 1. The molecule has 0 aliphatic heterocycles. The number of carbonyl (C=O) groups is 1. The van der Waals surface area contributed by atoms with Crippen LogP contribution in [0.5, 0.6) is 5.75 Å². The minimum Gasteiger partial charge on any atom is -0.487 e. The van der Waals surface area contributed by atoms with E-state index in [1.807, 2.05) is 18.2 Å². The molecule has 3 aromatic rings. The van der Waals surface area contributed by atoms with E-state index in [9.17, 15) is 9.18 Å². The zero-order valence-corrected chi connectivity index (χ0v) is 11.5. The number of nitrogens with zero attached hydrogens (tertiary/aromatic N) is 3. The monoisotopic (exact) mass is 297 g/mol. The summed E-state index contributed by atoms with van der Waals surface area (Å²) >= 11 is 0. The highest BCUT2D eigenvalue weighted by Crippen LogP contribution is 2.16. The minimum atomic E-state index is -0.393. The predicted molar refractivity (Wildman–Crippen MR) is 77.5 cm³/mol. The number of hydrogen-bond acceptors (Lipinski definition) is 4. The van der Waals surface area contributed by atoms with E-state index < -0.39 is 5.82 Å². The Morgan fingerprint density at radius 2 is 1.95 bits per heavy atom. The van der Waals surface area contributed by atoms with Crippen LogP contribution in [0.2, 0.25) is 0 Å². The van der Waals surface area contributed by atoms with E-state index >= 15 is 0 Å². The van der Waals surface area contributed by atoms with Gasteiger partial charge in [-0.15, -0.1) is 5.10 Å². The molecule has 0 saturated carbocycles. The number of carbonyl (C=O) groups excluding carboxylic acids is 1. The first-order chi connectivity index (χ1) is 10.8. The van der Waals surface area contributed by atoms with Crippen molar-refractivity contribution in [2.45, 2.75) is 6.61 Å². The van der Waals surface area contributed by atoms with Crippen LogP contribution in [-0.4, -0.2) is 21.3 Å². The van der Waals surface area contributed by atoms with Crippen molar-refractivity contribution in [2.24, 2.45) is 0 Å². The number of ether oxygens (including phenoxy) is 1. The van der Waals surface area contributed by atoms with Crippen LogP contribution in [0.4, 0.5) is 4.39 Å². The largest absolute Gasteiger partial charge is 0.487 e. The van der Waals surface area contributed by atoms with Gasteiger partial charge in [0.05, 0.1) is 5.69 Å². The molecule has 6 heteroatoms. The van der Waals surface area contributed by atoms with Crippen molar-refractivity contribution < 1.29 is 13.9 Å². The maximum Gasteiger partial charge on any atom is 0.172 e. The molecule has 0 saturated heterocycles. The van der Waals surface area contributed by atoms with Crippen molar-refractivity contribution in [2.75, 3.05) is 0 Å². The predicted octanol–water partition coefficient (Wildman–Crippen LogP) is 2.80. The molecule has 0 fully saturated rings. The summed E-state index contributed by atoms with van der Waals surface area (Å²) in [6.45, 7) is 0.0988. The molecule has 0 unspecified atom stereocenters. The van der Waals surface area contributed by atoms with Gasteiger partial charge in [-0.1, -0.05) is 29.5 Å². The SMILES string of the molecule is O=Cc1nnn(-c2cccc(F)c2)c1COc1ccccc1. The molecule has 1 heterocycles. The molecule has 5 nitrogen and oxygen atoms in total. The van der Waals surface area contributed by atoms with E-state index in [-0.39, 0.29) is 12.3 Å². The molecule has 0 aliphatic rings. The third-order valence-electron chi connectivity index (χ3n) is 3.08. The summed E-state index contributed by atoms with van der Waals surface area (Å²) < 4.78 is 20.4. The fraction of sp³-hybridized carbons (Fsp3) is 0.0625. The highest BCUT2D eigenvalue weighted by atomic mass is 19.1. The summed E-state index contributed by atoms with van der Waals surface area (Å²) in [5, 5.41) is 7.69. The van der Waals surface area contributed by atoms with Gasteiger partial charge in [0, 0.05) is 0 Å². The maximum absolute atomic E-state index is 13.4. The zero-order chi connectivity index (χ0) is 15.4.